The van der Waals surface area contributed by atoms with E-state index in [1.165, 1.54) is 12.1 Å². The van der Waals surface area contributed by atoms with E-state index in [-0.39, 0.29) is 30.5 Å². The molecule has 0 aliphatic carbocycles. The number of amides is 1. The van der Waals surface area contributed by atoms with Crippen molar-refractivity contribution in [3.8, 4) is 5.75 Å². The number of hydrogen-bond donors (Lipinski definition) is 1. The fourth-order valence-electron chi connectivity index (χ4n) is 2.15. The second-order valence-electron chi connectivity index (χ2n) is 4.64. The van der Waals surface area contributed by atoms with Crippen LogP contribution in [0.4, 0.5) is 5.69 Å². The normalized spacial score (nSPS) is 14.3. The van der Waals surface area contributed by atoms with Crippen LogP contribution in [0.15, 0.2) is 18.2 Å². The average molecular weight is 279 g/mol. The van der Waals surface area contributed by atoms with Crippen LogP contribution < -0.4 is 10.5 Å². The molecule has 1 heterocycles. The zero-order valence-corrected chi connectivity index (χ0v) is 11.1. The maximum atomic E-state index is 11.9. The number of carbonyl (C=O) groups excluding carboxylic acids is 1. The van der Waals surface area contributed by atoms with Gasteiger partial charge in [-0.25, -0.2) is 0 Å². The number of ether oxygens (including phenoxy) is 1. The zero-order chi connectivity index (χ0) is 14.5. The Morgan fingerprint density at radius 2 is 2.10 bits per heavy atom. The third-order valence-corrected chi connectivity index (χ3v) is 3.27. The molecule has 1 amide bonds. The molecule has 20 heavy (non-hydrogen) atoms. The van der Waals surface area contributed by atoms with Gasteiger partial charge in [-0.2, -0.15) is 0 Å². The minimum absolute atomic E-state index is 0.0884. The van der Waals surface area contributed by atoms with E-state index >= 15 is 0 Å². The minimum atomic E-state index is -0.532. The molecule has 2 rings (SSSR count). The number of rotatable bonds is 5. The third kappa shape index (κ3) is 3.24. The van der Waals surface area contributed by atoms with Gasteiger partial charge < -0.3 is 15.4 Å². The predicted octanol–water partition coefficient (Wildman–Crippen LogP) is 1.05. The highest BCUT2D eigenvalue weighted by atomic mass is 16.6. The molecule has 0 unspecified atom stereocenters. The molecule has 1 aliphatic heterocycles. The fraction of sp³-hybridized carbons (Fsp3) is 0.462. The first-order valence-corrected chi connectivity index (χ1v) is 6.50. The Kier molecular flexibility index (Phi) is 4.52. The molecule has 2 N–H and O–H groups in total. The molecular weight excluding hydrogens is 262 g/mol. The summed E-state index contributed by atoms with van der Waals surface area (Å²) in [5.74, 6) is -0.0551. The Bertz CT molecular complexity index is 512. The second-order valence-corrected chi connectivity index (χ2v) is 4.64. The van der Waals surface area contributed by atoms with Crippen molar-refractivity contribution in [3.63, 3.8) is 0 Å². The standard InChI is InChI=1S/C13H17N3O4/c14-8-10-3-4-11(16(18)19)12(7-10)20-9-13(17)15-5-1-2-6-15/h3-4,7H,1-2,5-6,8-9,14H2. The van der Waals surface area contributed by atoms with Crippen molar-refractivity contribution >= 4 is 11.6 Å². The van der Waals surface area contributed by atoms with Gasteiger partial charge >= 0.3 is 5.69 Å². The Balaban J connectivity index is 2.06. The van der Waals surface area contributed by atoms with Gasteiger partial charge in [-0.05, 0) is 24.5 Å². The highest BCUT2D eigenvalue weighted by Crippen LogP contribution is 2.28. The van der Waals surface area contributed by atoms with E-state index in [2.05, 4.69) is 0 Å². The van der Waals surface area contributed by atoms with Crippen LogP contribution in [-0.2, 0) is 11.3 Å². The largest absolute Gasteiger partial charge is 0.477 e. The van der Waals surface area contributed by atoms with Crippen molar-refractivity contribution in [2.75, 3.05) is 19.7 Å². The first-order valence-electron chi connectivity index (χ1n) is 6.50. The van der Waals surface area contributed by atoms with Crippen molar-refractivity contribution in [2.45, 2.75) is 19.4 Å². The van der Waals surface area contributed by atoms with Crippen LogP contribution in [-0.4, -0.2) is 35.4 Å². The lowest BCUT2D eigenvalue weighted by atomic mass is 10.2. The molecule has 1 aromatic rings. The Morgan fingerprint density at radius 1 is 1.40 bits per heavy atom. The van der Waals surface area contributed by atoms with Gasteiger partial charge in [0, 0.05) is 25.7 Å². The van der Waals surface area contributed by atoms with Gasteiger partial charge in [0.1, 0.15) is 0 Å². The third-order valence-electron chi connectivity index (χ3n) is 3.27. The maximum absolute atomic E-state index is 11.9. The van der Waals surface area contributed by atoms with E-state index in [0.717, 1.165) is 31.5 Å². The van der Waals surface area contributed by atoms with Crippen LogP contribution in [0.2, 0.25) is 0 Å². The van der Waals surface area contributed by atoms with Crippen molar-refractivity contribution in [2.24, 2.45) is 5.73 Å². The summed E-state index contributed by atoms with van der Waals surface area (Å²) < 4.78 is 5.33. The Labute approximate surface area is 116 Å². The number of nitrogens with two attached hydrogens (primary N) is 1. The smallest absolute Gasteiger partial charge is 0.310 e. The predicted molar refractivity (Wildman–Crippen MR) is 72.3 cm³/mol. The van der Waals surface area contributed by atoms with E-state index < -0.39 is 4.92 Å². The average Bonchev–Trinajstić information content (AvgIpc) is 2.98. The number of nitro groups is 1. The molecule has 1 saturated heterocycles. The van der Waals surface area contributed by atoms with Crippen LogP contribution in [0.5, 0.6) is 5.75 Å². The molecule has 0 bridgehead atoms. The van der Waals surface area contributed by atoms with E-state index in [4.69, 9.17) is 10.5 Å². The lowest BCUT2D eigenvalue weighted by Gasteiger charge is -2.15. The van der Waals surface area contributed by atoms with Gasteiger partial charge in [0.05, 0.1) is 4.92 Å². The summed E-state index contributed by atoms with van der Waals surface area (Å²) in [4.78, 5) is 24.0. The van der Waals surface area contributed by atoms with Gasteiger partial charge in [-0.15, -0.1) is 0 Å². The maximum Gasteiger partial charge on any atom is 0.310 e. The summed E-state index contributed by atoms with van der Waals surface area (Å²) >= 11 is 0. The van der Waals surface area contributed by atoms with Crippen LogP contribution in [0.1, 0.15) is 18.4 Å². The van der Waals surface area contributed by atoms with Crippen molar-refractivity contribution < 1.29 is 14.5 Å². The number of hydrogen-bond acceptors (Lipinski definition) is 5. The minimum Gasteiger partial charge on any atom is -0.477 e. The summed E-state index contributed by atoms with van der Waals surface area (Å²) in [5, 5.41) is 10.9. The molecule has 1 aromatic carbocycles. The highest BCUT2D eigenvalue weighted by Gasteiger charge is 2.21. The Morgan fingerprint density at radius 3 is 2.70 bits per heavy atom. The first kappa shape index (κ1) is 14.3. The summed E-state index contributed by atoms with van der Waals surface area (Å²) in [5.41, 5.74) is 6.07. The van der Waals surface area contributed by atoms with Crippen molar-refractivity contribution in [1.82, 2.24) is 4.90 Å². The van der Waals surface area contributed by atoms with Gasteiger partial charge in [0.2, 0.25) is 0 Å². The number of carbonyl (C=O) groups is 1. The summed E-state index contributed by atoms with van der Waals surface area (Å²) in [6, 6.07) is 4.43. The summed E-state index contributed by atoms with van der Waals surface area (Å²) in [6.45, 7) is 1.53. The number of nitro benzene ring substituents is 1. The molecule has 7 nitrogen and oxygen atoms in total. The van der Waals surface area contributed by atoms with Crippen molar-refractivity contribution in [3.05, 3.63) is 33.9 Å². The Hall–Kier alpha value is -2.15. The van der Waals surface area contributed by atoms with Crippen LogP contribution in [0.3, 0.4) is 0 Å². The van der Waals surface area contributed by atoms with E-state index in [9.17, 15) is 14.9 Å². The molecule has 7 heteroatoms. The fourth-order valence-corrected chi connectivity index (χ4v) is 2.15. The lowest BCUT2D eigenvalue weighted by molar-refractivity contribution is -0.385. The lowest BCUT2D eigenvalue weighted by Crippen LogP contribution is -2.32. The molecular formula is C13H17N3O4. The number of nitrogens with zero attached hydrogens (tertiary/aromatic N) is 2. The van der Waals surface area contributed by atoms with Gasteiger partial charge in [-0.3, -0.25) is 14.9 Å². The van der Waals surface area contributed by atoms with E-state index in [0.29, 0.717) is 0 Å². The molecule has 0 saturated carbocycles. The summed E-state index contributed by atoms with van der Waals surface area (Å²) in [7, 11) is 0. The van der Waals surface area contributed by atoms with Crippen LogP contribution in [0, 0.1) is 10.1 Å². The SMILES string of the molecule is NCc1ccc([N+](=O)[O-])c(OCC(=O)N2CCCC2)c1. The molecule has 1 aliphatic rings. The first-order chi connectivity index (χ1) is 9.61. The molecule has 0 atom stereocenters. The van der Waals surface area contributed by atoms with Crippen LogP contribution >= 0.6 is 0 Å². The zero-order valence-electron chi connectivity index (χ0n) is 11.1. The molecule has 0 radical (unpaired) electrons. The van der Waals surface area contributed by atoms with E-state index in [1.54, 1.807) is 11.0 Å². The molecule has 1 fully saturated rings. The topological polar surface area (TPSA) is 98.7 Å². The molecule has 0 spiro atoms. The molecule has 0 aromatic heterocycles. The van der Waals surface area contributed by atoms with Crippen molar-refractivity contribution in [1.29, 1.82) is 0 Å². The van der Waals surface area contributed by atoms with E-state index in [1.807, 2.05) is 0 Å². The summed E-state index contributed by atoms with van der Waals surface area (Å²) in [6.07, 6.45) is 1.99. The number of likely N-dealkylation sites (tertiary alicyclic amines) is 1. The number of benzene rings is 1. The van der Waals surface area contributed by atoms with Gasteiger partial charge in [0.15, 0.2) is 12.4 Å². The second kappa shape index (κ2) is 6.33. The monoisotopic (exact) mass is 279 g/mol. The molecule has 108 valence electrons. The van der Waals surface area contributed by atoms with Gasteiger partial charge in [0.25, 0.3) is 5.91 Å². The van der Waals surface area contributed by atoms with Crippen LogP contribution in [0.25, 0.3) is 0 Å². The quantitative estimate of drug-likeness (QED) is 0.641. The highest BCUT2D eigenvalue weighted by molar-refractivity contribution is 5.78. The van der Waals surface area contributed by atoms with Gasteiger partial charge in [-0.1, -0.05) is 6.07 Å².